The van der Waals surface area contributed by atoms with E-state index in [9.17, 15) is 9.18 Å². The van der Waals surface area contributed by atoms with Crippen LogP contribution in [-0.2, 0) is 17.8 Å². The number of nitrogens with one attached hydrogen (secondary N) is 2. The molecule has 2 N–H and O–H groups in total. The number of nitrogens with zero attached hydrogens (tertiary/aromatic N) is 1. The lowest BCUT2D eigenvalue weighted by atomic mass is 10.1. The number of benzene rings is 2. The lowest BCUT2D eigenvalue weighted by Crippen LogP contribution is -3.28. The van der Waals surface area contributed by atoms with Gasteiger partial charge in [-0.1, -0.05) is 18.2 Å². The molecule has 2 heterocycles. The van der Waals surface area contributed by atoms with E-state index < -0.39 is 0 Å². The van der Waals surface area contributed by atoms with Gasteiger partial charge >= 0.3 is 0 Å². The zero-order chi connectivity index (χ0) is 19.5. The van der Waals surface area contributed by atoms with Crippen molar-refractivity contribution < 1.29 is 23.7 Å². The monoisotopic (exact) mass is 385 g/mol. The molecule has 2 aliphatic heterocycles. The number of carbonyl (C=O) groups is 1. The molecule has 6 heteroatoms. The molecule has 0 saturated carbocycles. The number of methoxy groups -OCH3 is 1. The van der Waals surface area contributed by atoms with Crippen molar-refractivity contribution in [2.24, 2.45) is 0 Å². The molecular formula is C22H28FN3O2+2. The van der Waals surface area contributed by atoms with Crippen LogP contribution in [0.2, 0.25) is 0 Å². The summed E-state index contributed by atoms with van der Waals surface area (Å²) < 4.78 is 19.0. The minimum atomic E-state index is -0.226. The van der Waals surface area contributed by atoms with Gasteiger partial charge < -0.3 is 19.4 Å². The van der Waals surface area contributed by atoms with Gasteiger partial charge in [0.1, 0.15) is 44.3 Å². The van der Waals surface area contributed by atoms with Gasteiger partial charge in [0.2, 0.25) is 0 Å². The van der Waals surface area contributed by atoms with E-state index in [2.05, 4.69) is 6.07 Å². The number of para-hydroxylation sites is 1. The number of quaternary nitrogens is 2. The molecule has 1 fully saturated rings. The SMILES string of the molecule is COc1ccc(F)cc1C[NH+]1CC[NH+](CC(=O)N2CCc3ccccc32)CC1. The van der Waals surface area contributed by atoms with E-state index in [0.717, 1.165) is 62.7 Å². The Morgan fingerprint density at radius 2 is 1.86 bits per heavy atom. The summed E-state index contributed by atoms with van der Waals surface area (Å²) in [4.78, 5) is 17.5. The van der Waals surface area contributed by atoms with Crippen molar-refractivity contribution >= 4 is 11.6 Å². The molecule has 5 nitrogen and oxygen atoms in total. The van der Waals surface area contributed by atoms with Gasteiger partial charge in [-0.15, -0.1) is 0 Å². The van der Waals surface area contributed by atoms with Gasteiger partial charge in [0.15, 0.2) is 6.54 Å². The third kappa shape index (κ3) is 4.03. The number of carbonyl (C=O) groups excluding carboxylic acids is 1. The molecular weight excluding hydrogens is 357 g/mol. The maximum atomic E-state index is 13.6. The van der Waals surface area contributed by atoms with Gasteiger partial charge in [-0.25, -0.2) is 4.39 Å². The minimum absolute atomic E-state index is 0.218. The molecule has 2 aliphatic rings. The van der Waals surface area contributed by atoms with E-state index in [1.54, 1.807) is 19.2 Å². The van der Waals surface area contributed by atoms with Crippen LogP contribution in [0.4, 0.5) is 10.1 Å². The summed E-state index contributed by atoms with van der Waals surface area (Å²) in [6.45, 7) is 5.94. The third-order valence-corrected chi connectivity index (χ3v) is 5.94. The molecule has 4 rings (SSSR count). The summed E-state index contributed by atoms with van der Waals surface area (Å²) in [5.74, 6) is 0.734. The molecule has 1 saturated heterocycles. The van der Waals surface area contributed by atoms with Crippen LogP contribution >= 0.6 is 0 Å². The minimum Gasteiger partial charge on any atom is -0.496 e. The lowest BCUT2D eigenvalue weighted by Gasteiger charge is -2.30. The molecule has 28 heavy (non-hydrogen) atoms. The molecule has 148 valence electrons. The average molecular weight is 385 g/mol. The third-order valence-electron chi connectivity index (χ3n) is 5.94. The van der Waals surface area contributed by atoms with Crippen LogP contribution in [0.5, 0.6) is 5.75 Å². The summed E-state index contributed by atoms with van der Waals surface area (Å²) >= 11 is 0. The van der Waals surface area contributed by atoms with Crippen molar-refractivity contribution in [3.8, 4) is 5.75 Å². The first-order valence-corrected chi connectivity index (χ1v) is 10.0. The van der Waals surface area contributed by atoms with E-state index in [0.29, 0.717) is 6.54 Å². The van der Waals surface area contributed by atoms with Crippen molar-refractivity contribution in [3.05, 3.63) is 59.4 Å². The maximum absolute atomic E-state index is 13.6. The number of hydrogen-bond donors (Lipinski definition) is 2. The first-order chi connectivity index (χ1) is 13.6. The standard InChI is InChI=1S/C22H26FN3O2/c1-28-21-7-6-19(23)14-18(21)15-24-10-12-25(13-11-24)16-22(27)26-9-8-17-4-2-3-5-20(17)26/h2-7,14H,8-13,15-16H2,1H3/p+2. The van der Waals surface area contributed by atoms with Gasteiger partial charge in [0.25, 0.3) is 5.91 Å². The van der Waals surface area contributed by atoms with Crippen LogP contribution in [0.15, 0.2) is 42.5 Å². The van der Waals surface area contributed by atoms with Crippen LogP contribution < -0.4 is 19.4 Å². The fraction of sp³-hybridized carbons (Fsp3) is 0.409. The highest BCUT2D eigenvalue weighted by Gasteiger charge is 2.30. The Hall–Kier alpha value is -2.44. The van der Waals surface area contributed by atoms with E-state index in [1.807, 2.05) is 23.1 Å². The number of piperazine rings is 1. The Bertz CT molecular complexity index is 849. The maximum Gasteiger partial charge on any atom is 0.282 e. The number of fused-ring (bicyclic) bond motifs is 1. The van der Waals surface area contributed by atoms with Crippen LogP contribution in [-0.4, -0.2) is 52.3 Å². The topological polar surface area (TPSA) is 38.4 Å². The number of amides is 1. The van der Waals surface area contributed by atoms with Crippen molar-refractivity contribution in [1.82, 2.24) is 0 Å². The molecule has 1 amide bonds. The zero-order valence-electron chi connectivity index (χ0n) is 16.3. The number of halogens is 1. The Morgan fingerprint density at radius 3 is 2.64 bits per heavy atom. The summed E-state index contributed by atoms with van der Waals surface area (Å²) in [6.07, 6.45) is 0.949. The second kappa shape index (κ2) is 8.29. The van der Waals surface area contributed by atoms with Gasteiger partial charge in [-0.2, -0.15) is 0 Å². The Balaban J connectivity index is 1.30. The highest BCUT2D eigenvalue weighted by Crippen LogP contribution is 2.27. The first kappa shape index (κ1) is 18.9. The van der Waals surface area contributed by atoms with Crippen LogP contribution in [0.1, 0.15) is 11.1 Å². The van der Waals surface area contributed by atoms with Gasteiger partial charge in [-0.3, -0.25) is 4.79 Å². The fourth-order valence-electron chi connectivity index (χ4n) is 4.37. The van der Waals surface area contributed by atoms with Crippen molar-refractivity contribution in [2.45, 2.75) is 13.0 Å². The molecule has 2 aromatic rings. The quantitative estimate of drug-likeness (QED) is 0.742. The average Bonchev–Trinajstić information content (AvgIpc) is 3.14. The van der Waals surface area contributed by atoms with Gasteiger partial charge in [0.05, 0.1) is 12.7 Å². The Labute approximate surface area is 165 Å². The molecule has 2 aromatic carbocycles. The first-order valence-electron chi connectivity index (χ1n) is 10.0. The highest BCUT2D eigenvalue weighted by molar-refractivity contribution is 5.96. The lowest BCUT2D eigenvalue weighted by molar-refractivity contribution is -1.02. The smallest absolute Gasteiger partial charge is 0.282 e. The van der Waals surface area contributed by atoms with E-state index in [-0.39, 0.29) is 11.7 Å². The Kier molecular flexibility index (Phi) is 5.59. The Morgan fingerprint density at radius 1 is 1.11 bits per heavy atom. The van der Waals surface area contributed by atoms with E-state index in [4.69, 9.17) is 4.74 Å². The van der Waals surface area contributed by atoms with Crippen molar-refractivity contribution in [2.75, 3.05) is 51.3 Å². The fourth-order valence-corrected chi connectivity index (χ4v) is 4.37. The summed E-state index contributed by atoms with van der Waals surface area (Å²) in [7, 11) is 1.62. The van der Waals surface area contributed by atoms with Gasteiger partial charge in [0, 0.05) is 12.2 Å². The summed E-state index contributed by atoms with van der Waals surface area (Å²) in [5, 5.41) is 0. The van der Waals surface area contributed by atoms with E-state index in [1.165, 1.54) is 21.4 Å². The van der Waals surface area contributed by atoms with Crippen LogP contribution in [0.3, 0.4) is 0 Å². The molecule has 0 aromatic heterocycles. The molecule has 0 aliphatic carbocycles. The number of ether oxygens (including phenoxy) is 1. The number of hydrogen-bond acceptors (Lipinski definition) is 2. The predicted molar refractivity (Wildman–Crippen MR) is 105 cm³/mol. The largest absolute Gasteiger partial charge is 0.496 e. The van der Waals surface area contributed by atoms with Crippen molar-refractivity contribution in [1.29, 1.82) is 0 Å². The summed E-state index contributed by atoms with van der Waals surface area (Å²) in [6, 6.07) is 12.9. The number of anilines is 1. The normalized spacial score (nSPS) is 21.4. The van der Waals surface area contributed by atoms with Crippen LogP contribution in [0, 0.1) is 5.82 Å². The van der Waals surface area contributed by atoms with E-state index >= 15 is 0 Å². The van der Waals surface area contributed by atoms with Crippen molar-refractivity contribution in [3.63, 3.8) is 0 Å². The van der Waals surface area contributed by atoms with Crippen LogP contribution in [0.25, 0.3) is 0 Å². The molecule has 0 bridgehead atoms. The molecule has 0 atom stereocenters. The molecule has 0 unspecified atom stereocenters. The number of rotatable bonds is 5. The summed E-state index contributed by atoms with van der Waals surface area (Å²) in [5.41, 5.74) is 3.25. The second-order valence-corrected chi connectivity index (χ2v) is 7.73. The predicted octanol–water partition coefficient (Wildman–Crippen LogP) is -0.293. The second-order valence-electron chi connectivity index (χ2n) is 7.73. The zero-order valence-corrected chi connectivity index (χ0v) is 16.3. The molecule has 0 radical (unpaired) electrons. The highest BCUT2D eigenvalue weighted by atomic mass is 19.1. The van der Waals surface area contributed by atoms with Gasteiger partial charge in [-0.05, 0) is 36.2 Å². The molecule has 0 spiro atoms.